The highest BCUT2D eigenvalue weighted by Gasteiger charge is 2.16. The van der Waals surface area contributed by atoms with Crippen LogP contribution in [0.5, 0.6) is 5.75 Å². The summed E-state index contributed by atoms with van der Waals surface area (Å²) >= 11 is 1.57. The van der Waals surface area contributed by atoms with Crippen molar-refractivity contribution in [2.24, 2.45) is 0 Å². The van der Waals surface area contributed by atoms with Gasteiger partial charge < -0.3 is 9.84 Å². The summed E-state index contributed by atoms with van der Waals surface area (Å²) in [6.07, 6.45) is 4.19. The van der Waals surface area contributed by atoms with Crippen molar-refractivity contribution in [2.75, 3.05) is 19.5 Å². The zero-order chi connectivity index (χ0) is 16.8. The fourth-order valence-electron chi connectivity index (χ4n) is 2.24. The van der Waals surface area contributed by atoms with Gasteiger partial charge >= 0.3 is 0 Å². The number of methoxy groups -OCH3 is 1. The van der Waals surface area contributed by atoms with Gasteiger partial charge in [-0.1, -0.05) is 11.8 Å². The lowest BCUT2D eigenvalue weighted by Gasteiger charge is -2.11. The molecule has 0 radical (unpaired) electrons. The maximum absolute atomic E-state index is 8.99. The third-order valence-electron chi connectivity index (χ3n) is 3.44. The number of pyridine rings is 1. The number of hydrogen-bond acceptors (Lipinski definition) is 6. The Morgan fingerprint density at radius 3 is 2.50 bits per heavy atom. The third kappa shape index (κ3) is 3.58. The molecule has 1 aromatic carbocycles. The summed E-state index contributed by atoms with van der Waals surface area (Å²) in [5.41, 5.74) is 1.90. The van der Waals surface area contributed by atoms with Crippen LogP contribution in [-0.4, -0.2) is 44.3 Å². The molecule has 1 N–H and O–H groups in total. The zero-order valence-electron chi connectivity index (χ0n) is 13.3. The predicted octanol–water partition coefficient (Wildman–Crippen LogP) is 2.81. The number of nitrogens with zero attached hydrogens (tertiary/aromatic N) is 4. The SMILES string of the molecule is COc1ccc(-n2c(SCCCO)nnc2-c2ccncc2)cc1. The first-order valence-corrected chi connectivity index (χ1v) is 8.56. The highest BCUT2D eigenvalue weighted by atomic mass is 32.2. The van der Waals surface area contributed by atoms with Crippen molar-refractivity contribution < 1.29 is 9.84 Å². The molecule has 0 fully saturated rings. The molecule has 0 aliphatic heterocycles. The largest absolute Gasteiger partial charge is 0.497 e. The lowest BCUT2D eigenvalue weighted by Crippen LogP contribution is -2.00. The van der Waals surface area contributed by atoms with E-state index in [0.29, 0.717) is 6.42 Å². The van der Waals surface area contributed by atoms with Gasteiger partial charge in [0.25, 0.3) is 0 Å². The minimum atomic E-state index is 0.168. The van der Waals surface area contributed by atoms with Crippen LogP contribution in [-0.2, 0) is 0 Å². The summed E-state index contributed by atoms with van der Waals surface area (Å²) in [7, 11) is 1.65. The maximum atomic E-state index is 8.99. The van der Waals surface area contributed by atoms with Crippen LogP contribution < -0.4 is 4.74 Å². The van der Waals surface area contributed by atoms with Gasteiger partial charge in [-0.25, -0.2) is 0 Å². The molecular formula is C17H18N4O2S. The van der Waals surface area contributed by atoms with Gasteiger partial charge in [-0.05, 0) is 42.8 Å². The van der Waals surface area contributed by atoms with Crippen molar-refractivity contribution in [3.8, 4) is 22.8 Å². The van der Waals surface area contributed by atoms with Crippen molar-refractivity contribution in [3.05, 3.63) is 48.8 Å². The molecule has 6 nitrogen and oxygen atoms in total. The molecule has 0 bridgehead atoms. The fourth-order valence-corrected chi connectivity index (χ4v) is 3.12. The minimum Gasteiger partial charge on any atom is -0.497 e. The summed E-state index contributed by atoms with van der Waals surface area (Å²) in [5, 5.41) is 18.5. The highest BCUT2D eigenvalue weighted by molar-refractivity contribution is 7.99. The number of aromatic nitrogens is 4. The Balaban J connectivity index is 2.03. The van der Waals surface area contributed by atoms with Gasteiger partial charge in [-0.2, -0.15) is 0 Å². The van der Waals surface area contributed by atoms with Crippen molar-refractivity contribution in [1.82, 2.24) is 19.7 Å². The molecule has 2 aromatic heterocycles. The first-order valence-electron chi connectivity index (χ1n) is 7.57. The predicted molar refractivity (Wildman–Crippen MR) is 93.6 cm³/mol. The van der Waals surface area contributed by atoms with Crippen LogP contribution in [0, 0.1) is 0 Å². The maximum Gasteiger partial charge on any atom is 0.196 e. The quantitative estimate of drug-likeness (QED) is 0.526. The zero-order valence-corrected chi connectivity index (χ0v) is 14.1. The molecule has 0 saturated carbocycles. The molecule has 0 atom stereocenters. The second-order valence-corrected chi connectivity index (χ2v) is 6.06. The number of hydrogen-bond donors (Lipinski definition) is 1. The van der Waals surface area contributed by atoms with Gasteiger partial charge in [0.2, 0.25) is 0 Å². The first kappa shape index (κ1) is 16.5. The van der Waals surface area contributed by atoms with Crippen LogP contribution in [0.3, 0.4) is 0 Å². The van der Waals surface area contributed by atoms with Crippen LogP contribution in [0.4, 0.5) is 0 Å². The molecule has 0 saturated heterocycles. The van der Waals surface area contributed by atoms with Crippen LogP contribution >= 0.6 is 11.8 Å². The smallest absolute Gasteiger partial charge is 0.196 e. The Hall–Kier alpha value is -2.38. The van der Waals surface area contributed by atoms with E-state index in [1.165, 1.54) is 0 Å². The molecule has 3 rings (SSSR count). The number of thioether (sulfide) groups is 1. The lowest BCUT2D eigenvalue weighted by atomic mass is 10.2. The van der Waals surface area contributed by atoms with Crippen LogP contribution in [0.15, 0.2) is 53.9 Å². The Morgan fingerprint density at radius 2 is 1.83 bits per heavy atom. The van der Waals surface area contributed by atoms with E-state index in [1.807, 2.05) is 41.0 Å². The molecule has 124 valence electrons. The second-order valence-electron chi connectivity index (χ2n) is 5.00. The Morgan fingerprint density at radius 1 is 1.08 bits per heavy atom. The molecule has 3 aromatic rings. The lowest BCUT2D eigenvalue weighted by molar-refractivity contribution is 0.296. The Kier molecular flexibility index (Phi) is 5.45. The van der Waals surface area contributed by atoms with E-state index >= 15 is 0 Å². The van der Waals surface area contributed by atoms with E-state index < -0.39 is 0 Å². The van der Waals surface area contributed by atoms with E-state index in [4.69, 9.17) is 9.84 Å². The molecule has 0 spiro atoms. The Labute approximate surface area is 144 Å². The topological polar surface area (TPSA) is 73.1 Å². The van der Waals surface area contributed by atoms with Gasteiger partial charge in [0.1, 0.15) is 5.75 Å². The van der Waals surface area contributed by atoms with Gasteiger partial charge in [0, 0.05) is 36.0 Å². The molecule has 0 aliphatic rings. The van der Waals surface area contributed by atoms with Crippen molar-refractivity contribution in [3.63, 3.8) is 0 Å². The van der Waals surface area contributed by atoms with E-state index in [2.05, 4.69) is 15.2 Å². The molecule has 0 aliphatic carbocycles. The van der Waals surface area contributed by atoms with Crippen molar-refractivity contribution in [1.29, 1.82) is 0 Å². The summed E-state index contributed by atoms with van der Waals surface area (Å²) in [6.45, 7) is 0.168. The average molecular weight is 342 g/mol. The summed E-state index contributed by atoms with van der Waals surface area (Å²) in [4.78, 5) is 4.06. The second kappa shape index (κ2) is 7.94. The number of aliphatic hydroxyl groups is 1. The normalized spacial score (nSPS) is 10.8. The standard InChI is InChI=1S/C17H18N4O2S/c1-23-15-5-3-14(4-6-15)21-16(13-7-9-18-10-8-13)19-20-17(21)24-12-2-11-22/h3-10,22H,2,11-12H2,1H3. The minimum absolute atomic E-state index is 0.168. The summed E-state index contributed by atoms with van der Waals surface area (Å²) in [6, 6.07) is 11.6. The monoisotopic (exact) mass is 342 g/mol. The van der Waals surface area contributed by atoms with E-state index in [9.17, 15) is 0 Å². The Bertz CT molecular complexity index is 775. The molecule has 2 heterocycles. The van der Waals surface area contributed by atoms with E-state index in [1.54, 1.807) is 31.3 Å². The van der Waals surface area contributed by atoms with Gasteiger partial charge in [0.15, 0.2) is 11.0 Å². The van der Waals surface area contributed by atoms with E-state index in [0.717, 1.165) is 33.7 Å². The van der Waals surface area contributed by atoms with Gasteiger partial charge in [0.05, 0.1) is 7.11 Å². The number of rotatable bonds is 7. The average Bonchev–Trinajstić information content (AvgIpc) is 3.06. The van der Waals surface area contributed by atoms with Crippen LogP contribution in [0.25, 0.3) is 17.1 Å². The molecular weight excluding hydrogens is 324 g/mol. The molecule has 7 heteroatoms. The number of aliphatic hydroxyl groups excluding tert-OH is 1. The fraction of sp³-hybridized carbons (Fsp3) is 0.235. The molecule has 0 unspecified atom stereocenters. The highest BCUT2D eigenvalue weighted by Crippen LogP contribution is 2.28. The van der Waals surface area contributed by atoms with E-state index in [-0.39, 0.29) is 6.61 Å². The summed E-state index contributed by atoms with van der Waals surface area (Å²) in [5.74, 6) is 2.34. The third-order valence-corrected chi connectivity index (χ3v) is 4.45. The van der Waals surface area contributed by atoms with Crippen molar-refractivity contribution >= 4 is 11.8 Å². The van der Waals surface area contributed by atoms with Crippen LogP contribution in [0.1, 0.15) is 6.42 Å². The number of benzene rings is 1. The van der Waals surface area contributed by atoms with Crippen LogP contribution in [0.2, 0.25) is 0 Å². The number of ether oxygens (including phenoxy) is 1. The molecule has 0 amide bonds. The van der Waals surface area contributed by atoms with Gasteiger partial charge in [-0.15, -0.1) is 10.2 Å². The van der Waals surface area contributed by atoms with Crippen molar-refractivity contribution in [2.45, 2.75) is 11.6 Å². The molecule has 24 heavy (non-hydrogen) atoms. The first-order chi connectivity index (χ1) is 11.8. The van der Waals surface area contributed by atoms with Gasteiger partial charge in [-0.3, -0.25) is 9.55 Å². The summed E-state index contributed by atoms with van der Waals surface area (Å²) < 4.78 is 7.24.